The van der Waals surface area contributed by atoms with Gasteiger partial charge in [-0.15, -0.1) is 0 Å². The maximum Gasteiger partial charge on any atom is 0.318 e. The first kappa shape index (κ1) is 22.8. The molecule has 0 unspecified atom stereocenters. The van der Waals surface area contributed by atoms with Gasteiger partial charge in [-0.05, 0) is 39.6 Å². The lowest BCUT2D eigenvalue weighted by molar-refractivity contribution is -0.128. The van der Waals surface area contributed by atoms with E-state index >= 15 is 0 Å². The van der Waals surface area contributed by atoms with Crippen molar-refractivity contribution in [3.05, 3.63) is 42.1 Å². The number of likely N-dealkylation sites (tertiary alicyclic amines) is 1. The fraction of sp³-hybridized carbons (Fsp3) is 0.583. The van der Waals surface area contributed by atoms with Crippen LogP contribution in [0.1, 0.15) is 29.9 Å². The van der Waals surface area contributed by atoms with Crippen LogP contribution < -0.4 is 9.64 Å². The van der Waals surface area contributed by atoms with Crippen LogP contribution in [0.25, 0.3) is 0 Å². The van der Waals surface area contributed by atoms with Gasteiger partial charge < -0.3 is 24.4 Å². The number of H-pyrrole nitrogens is 1. The molecule has 5 heterocycles. The number of aromatic amines is 1. The molecule has 34 heavy (non-hydrogen) atoms. The number of carbonyl (C=O) groups excluding carboxylic acids is 1. The third-order valence-corrected chi connectivity index (χ3v) is 7.20. The molecule has 1 N–H and O–H groups in total. The number of imidazole rings is 1. The van der Waals surface area contributed by atoms with E-state index < -0.39 is 0 Å². The van der Waals surface area contributed by atoms with Crippen LogP contribution in [0.15, 0.2) is 25.0 Å². The predicted octanol–water partition coefficient (Wildman–Crippen LogP) is 1.06. The first-order valence-corrected chi connectivity index (χ1v) is 12.1. The number of aromatic nitrogens is 4. The van der Waals surface area contributed by atoms with E-state index in [-0.39, 0.29) is 11.9 Å². The summed E-state index contributed by atoms with van der Waals surface area (Å²) in [6.45, 7) is 8.98. The van der Waals surface area contributed by atoms with E-state index in [1.807, 2.05) is 11.1 Å². The van der Waals surface area contributed by atoms with E-state index in [0.717, 1.165) is 49.0 Å². The Labute approximate surface area is 200 Å². The summed E-state index contributed by atoms with van der Waals surface area (Å²) in [6, 6.07) is 0.831. The second-order valence-electron chi connectivity index (χ2n) is 9.59. The van der Waals surface area contributed by atoms with Gasteiger partial charge in [0, 0.05) is 63.1 Å². The lowest BCUT2D eigenvalue weighted by atomic mass is 10.1. The molecule has 0 spiro atoms. The van der Waals surface area contributed by atoms with E-state index in [9.17, 15) is 4.79 Å². The largest absolute Gasteiger partial charge is 0.462 e. The molecule has 2 fully saturated rings. The molecule has 0 aliphatic carbocycles. The van der Waals surface area contributed by atoms with Crippen LogP contribution in [-0.2, 0) is 24.3 Å². The third-order valence-electron chi connectivity index (χ3n) is 7.20. The number of hydrogen-bond acceptors (Lipinski definition) is 8. The van der Waals surface area contributed by atoms with Gasteiger partial charge in [-0.1, -0.05) is 6.58 Å². The minimum absolute atomic E-state index is 0.0355. The van der Waals surface area contributed by atoms with Gasteiger partial charge in [0.05, 0.1) is 11.7 Å². The molecule has 0 radical (unpaired) electrons. The molecule has 0 bridgehead atoms. The Hall–Kier alpha value is -2.98. The highest BCUT2D eigenvalue weighted by Crippen LogP contribution is 2.32. The van der Waals surface area contributed by atoms with Crippen molar-refractivity contribution in [3.8, 4) is 6.01 Å². The van der Waals surface area contributed by atoms with Crippen molar-refractivity contribution in [1.29, 1.82) is 0 Å². The predicted molar refractivity (Wildman–Crippen MR) is 129 cm³/mol. The lowest BCUT2D eigenvalue weighted by Crippen LogP contribution is -2.56. The Morgan fingerprint density at radius 2 is 2.12 bits per heavy atom. The second-order valence-corrected chi connectivity index (χ2v) is 9.59. The summed E-state index contributed by atoms with van der Waals surface area (Å²) in [4.78, 5) is 38.6. The number of hydrogen-bond donors (Lipinski definition) is 1. The Morgan fingerprint density at radius 1 is 1.24 bits per heavy atom. The number of piperazine rings is 1. The number of likely N-dealkylation sites (N-methyl/N-ethyl adjacent to an activating group) is 1. The molecule has 2 atom stereocenters. The zero-order valence-corrected chi connectivity index (χ0v) is 20.1. The summed E-state index contributed by atoms with van der Waals surface area (Å²) in [5.41, 5.74) is 2.20. The van der Waals surface area contributed by atoms with Crippen LogP contribution in [-0.4, -0.2) is 99.5 Å². The summed E-state index contributed by atoms with van der Waals surface area (Å²) in [7, 11) is 4.24. The van der Waals surface area contributed by atoms with Crippen molar-refractivity contribution in [1.82, 2.24) is 34.6 Å². The number of amides is 1. The maximum absolute atomic E-state index is 12.6. The van der Waals surface area contributed by atoms with Gasteiger partial charge in [0.15, 0.2) is 0 Å². The molecule has 2 saturated heterocycles. The average Bonchev–Trinajstić information content (AvgIpc) is 3.57. The van der Waals surface area contributed by atoms with Crippen molar-refractivity contribution < 1.29 is 9.53 Å². The average molecular weight is 467 g/mol. The molecular weight excluding hydrogens is 432 g/mol. The highest BCUT2D eigenvalue weighted by molar-refractivity contribution is 5.87. The van der Waals surface area contributed by atoms with Crippen LogP contribution in [0.2, 0.25) is 0 Å². The number of ether oxygens (including phenoxy) is 1. The van der Waals surface area contributed by atoms with Crippen LogP contribution in [0.4, 0.5) is 5.82 Å². The van der Waals surface area contributed by atoms with Gasteiger partial charge in [0.1, 0.15) is 18.2 Å². The number of nitrogens with zero attached hydrogens (tertiary/aromatic N) is 7. The molecule has 5 rings (SSSR count). The zero-order valence-electron chi connectivity index (χ0n) is 20.1. The van der Waals surface area contributed by atoms with Gasteiger partial charge in [0.25, 0.3) is 0 Å². The van der Waals surface area contributed by atoms with E-state index in [1.54, 1.807) is 6.20 Å². The topological polar surface area (TPSA) is 93.7 Å². The SMILES string of the molecule is C=CC(=O)N1CCN(c2nc(OC[C@@H]3CCCN3C)nc3c2CN(C)C3)C[C@@H]1Cc1ncc[nH]1. The van der Waals surface area contributed by atoms with Gasteiger partial charge in [0.2, 0.25) is 5.91 Å². The Morgan fingerprint density at radius 3 is 2.85 bits per heavy atom. The highest BCUT2D eigenvalue weighted by Gasteiger charge is 2.34. The minimum Gasteiger partial charge on any atom is -0.462 e. The normalized spacial score (nSPS) is 23.4. The molecule has 10 heteroatoms. The molecule has 3 aliphatic heterocycles. The standard InChI is InChI=1S/C24H34N8O2/c1-4-22(33)32-11-10-31(13-18(32)12-21-25-7-8-26-21)23-19-14-29(2)15-20(19)27-24(28-23)34-16-17-6-5-9-30(17)3/h4,7-8,17-18H,1,5-6,9-16H2,2-3H3,(H,25,26)/t17-,18-/m0/s1. The summed E-state index contributed by atoms with van der Waals surface area (Å²) >= 11 is 0. The van der Waals surface area contributed by atoms with Gasteiger partial charge in [-0.2, -0.15) is 9.97 Å². The number of carbonyl (C=O) groups is 1. The molecule has 10 nitrogen and oxygen atoms in total. The zero-order chi connectivity index (χ0) is 23.7. The van der Waals surface area contributed by atoms with E-state index in [1.165, 1.54) is 12.5 Å². The monoisotopic (exact) mass is 466 g/mol. The summed E-state index contributed by atoms with van der Waals surface area (Å²) < 4.78 is 6.14. The minimum atomic E-state index is -0.0476. The Kier molecular flexibility index (Phi) is 6.51. The smallest absolute Gasteiger partial charge is 0.318 e. The van der Waals surface area contributed by atoms with Gasteiger partial charge in [-0.3, -0.25) is 9.69 Å². The number of rotatable bonds is 7. The molecule has 2 aromatic heterocycles. The fourth-order valence-corrected chi connectivity index (χ4v) is 5.32. The quantitative estimate of drug-likeness (QED) is 0.606. The van der Waals surface area contributed by atoms with E-state index in [2.05, 4.69) is 45.3 Å². The van der Waals surface area contributed by atoms with Crippen molar-refractivity contribution >= 4 is 11.7 Å². The first-order chi connectivity index (χ1) is 16.5. The molecule has 0 aromatic carbocycles. The number of anilines is 1. The van der Waals surface area contributed by atoms with Crippen molar-refractivity contribution in [2.45, 2.75) is 44.4 Å². The summed E-state index contributed by atoms with van der Waals surface area (Å²) in [6.07, 6.45) is 7.95. The van der Waals surface area contributed by atoms with E-state index in [4.69, 9.17) is 14.7 Å². The number of nitrogens with one attached hydrogen (secondary N) is 1. The lowest BCUT2D eigenvalue weighted by Gasteiger charge is -2.42. The van der Waals surface area contributed by atoms with Gasteiger partial charge >= 0.3 is 6.01 Å². The molecule has 182 valence electrons. The molecular formula is C24H34N8O2. The maximum atomic E-state index is 12.6. The van der Waals surface area contributed by atoms with Crippen LogP contribution in [0.5, 0.6) is 6.01 Å². The Balaban J connectivity index is 1.39. The van der Waals surface area contributed by atoms with Crippen LogP contribution >= 0.6 is 0 Å². The van der Waals surface area contributed by atoms with Crippen molar-refractivity contribution in [3.63, 3.8) is 0 Å². The van der Waals surface area contributed by atoms with Gasteiger partial charge in [-0.25, -0.2) is 4.98 Å². The fourth-order valence-electron chi connectivity index (χ4n) is 5.32. The van der Waals surface area contributed by atoms with Crippen LogP contribution in [0.3, 0.4) is 0 Å². The van der Waals surface area contributed by atoms with Crippen molar-refractivity contribution in [2.75, 3.05) is 51.8 Å². The van der Waals surface area contributed by atoms with E-state index in [0.29, 0.717) is 44.7 Å². The highest BCUT2D eigenvalue weighted by atomic mass is 16.5. The van der Waals surface area contributed by atoms with Crippen LogP contribution in [0, 0.1) is 0 Å². The molecule has 3 aliphatic rings. The summed E-state index contributed by atoms with van der Waals surface area (Å²) in [5, 5.41) is 0. The molecule has 2 aromatic rings. The first-order valence-electron chi connectivity index (χ1n) is 12.1. The number of fused-ring (bicyclic) bond motifs is 1. The molecule has 1 amide bonds. The molecule has 0 saturated carbocycles. The summed E-state index contributed by atoms with van der Waals surface area (Å²) in [5.74, 6) is 1.75. The Bertz CT molecular complexity index is 1030. The third kappa shape index (κ3) is 4.65. The van der Waals surface area contributed by atoms with Crippen molar-refractivity contribution in [2.24, 2.45) is 0 Å². The second kappa shape index (κ2) is 9.71.